The Morgan fingerprint density at radius 2 is 1.89 bits per heavy atom. The van der Waals surface area contributed by atoms with Crippen LogP contribution in [0.1, 0.15) is 13.3 Å². The van der Waals surface area contributed by atoms with Crippen LogP contribution in [0.25, 0.3) is 0 Å². The summed E-state index contributed by atoms with van der Waals surface area (Å²) < 4.78 is 0. The van der Waals surface area contributed by atoms with Gasteiger partial charge in [-0.25, -0.2) is 0 Å². The van der Waals surface area contributed by atoms with Gasteiger partial charge in [0.25, 0.3) is 0 Å². The van der Waals surface area contributed by atoms with Crippen molar-refractivity contribution in [2.24, 2.45) is 5.92 Å². The molecule has 1 fully saturated rings. The number of hydrogen-bond acceptors (Lipinski definition) is 2. The maximum Gasteiger partial charge on any atom is 0.108 e. The van der Waals surface area contributed by atoms with Crippen LogP contribution < -0.4 is 0 Å². The van der Waals surface area contributed by atoms with Crippen molar-refractivity contribution in [3.05, 3.63) is 0 Å². The fourth-order valence-corrected chi connectivity index (χ4v) is 1.54. The Morgan fingerprint density at radius 1 is 1.33 bits per heavy atom. The third kappa shape index (κ3) is 1.12. The summed E-state index contributed by atoms with van der Waals surface area (Å²) in [6.07, 6.45) is -0.0255. The first-order valence-corrected chi connectivity index (χ1v) is 3.49. The fourth-order valence-electron chi connectivity index (χ4n) is 1.54. The van der Waals surface area contributed by atoms with Crippen LogP contribution in [0, 0.1) is 5.92 Å². The zero-order valence-electron chi connectivity index (χ0n) is 5.91. The number of aliphatic hydroxyl groups is 2. The summed E-state index contributed by atoms with van der Waals surface area (Å²) in [7, 11) is 1.97. The topological polar surface area (TPSA) is 40.5 Å². The predicted molar refractivity (Wildman–Crippen MR) is 38.1 cm³/mol. The Morgan fingerprint density at radius 3 is 2.00 bits per heavy atom. The van der Waals surface area contributed by atoms with Crippen molar-refractivity contribution in [2.75, 3.05) is 0 Å². The van der Waals surface area contributed by atoms with Crippen LogP contribution in [-0.4, -0.2) is 30.3 Å². The molecule has 4 atom stereocenters. The van der Waals surface area contributed by atoms with Crippen molar-refractivity contribution in [1.29, 1.82) is 0 Å². The average molecular weight is 128 g/mol. The van der Waals surface area contributed by atoms with Gasteiger partial charge in [0.1, 0.15) is 7.85 Å². The lowest BCUT2D eigenvalue weighted by Crippen LogP contribution is -2.25. The summed E-state index contributed by atoms with van der Waals surface area (Å²) in [5.41, 5.74) is 0. The molecule has 4 unspecified atom stereocenters. The van der Waals surface area contributed by atoms with Gasteiger partial charge in [0.05, 0.1) is 12.2 Å². The van der Waals surface area contributed by atoms with Gasteiger partial charge in [-0.3, -0.25) is 0 Å². The molecule has 1 rings (SSSR count). The van der Waals surface area contributed by atoms with Crippen LogP contribution in [0.5, 0.6) is 0 Å². The third-order valence-corrected chi connectivity index (χ3v) is 2.26. The Kier molecular flexibility index (Phi) is 1.82. The van der Waals surface area contributed by atoms with Gasteiger partial charge in [-0.2, -0.15) is 0 Å². The molecule has 0 aromatic rings. The van der Waals surface area contributed by atoms with Gasteiger partial charge in [0.2, 0.25) is 0 Å². The lowest BCUT2D eigenvalue weighted by Gasteiger charge is -2.12. The standard InChI is InChI=1S/C6H13BO2/c1-3-2-4(7)6(9)5(3)8/h3-6,8-9H,2,7H2,1H3. The summed E-state index contributed by atoms with van der Waals surface area (Å²) in [5.74, 6) is 0.546. The first kappa shape index (κ1) is 7.10. The molecule has 1 saturated carbocycles. The van der Waals surface area contributed by atoms with Crippen LogP contribution in [0.4, 0.5) is 0 Å². The SMILES string of the molecule is BC1CC(C)C(O)C1O. The van der Waals surface area contributed by atoms with E-state index < -0.39 is 12.2 Å². The molecule has 2 nitrogen and oxygen atoms in total. The molecule has 0 radical (unpaired) electrons. The quantitative estimate of drug-likeness (QED) is 0.418. The molecule has 52 valence electrons. The first-order valence-electron chi connectivity index (χ1n) is 3.49. The van der Waals surface area contributed by atoms with E-state index in [0.717, 1.165) is 6.42 Å². The highest BCUT2D eigenvalue weighted by Crippen LogP contribution is 2.32. The van der Waals surface area contributed by atoms with E-state index in [-0.39, 0.29) is 11.7 Å². The molecule has 1 aliphatic rings. The molecule has 2 N–H and O–H groups in total. The van der Waals surface area contributed by atoms with Gasteiger partial charge in [-0.1, -0.05) is 6.92 Å². The van der Waals surface area contributed by atoms with Crippen LogP contribution in [0.2, 0.25) is 5.82 Å². The summed E-state index contributed by atoms with van der Waals surface area (Å²) in [4.78, 5) is 0. The van der Waals surface area contributed by atoms with E-state index in [2.05, 4.69) is 0 Å². The number of aliphatic hydroxyl groups excluding tert-OH is 2. The van der Waals surface area contributed by atoms with Crippen molar-refractivity contribution in [2.45, 2.75) is 31.4 Å². The van der Waals surface area contributed by atoms with E-state index in [9.17, 15) is 10.2 Å². The van der Waals surface area contributed by atoms with Crippen molar-refractivity contribution < 1.29 is 10.2 Å². The monoisotopic (exact) mass is 128 g/mol. The predicted octanol–water partition coefficient (Wildman–Crippen LogP) is -0.830. The van der Waals surface area contributed by atoms with Crippen LogP contribution in [0.3, 0.4) is 0 Å². The Bertz CT molecular complexity index is 95.2. The normalized spacial score (nSPS) is 51.9. The second kappa shape index (κ2) is 2.31. The molecule has 1 aliphatic carbocycles. The minimum Gasteiger partial charge on any atom is -0.391 e. The molecule has 0 amide bonds. The van der Waals surface area contributed by atoms with E-state index in [0.29, 0.717) is 0 Å². The molecular weight excluding hydrogens is 115 g/mol. The Balaban J connectivity index is 2.54. The van der Waals surface area contributed by atoms with Gasteiger partial charge in [0.15, 0.2) is 0 Å². The first-order chi connectivity index (χ1) is 4.13. The van der Waals surface area contributed by atoms with Crippen LogP contribution in [0.15, 0.2) is 0 Å². The van der Waals surface area contributed by atoms with Crippen molar-refractivity contribution in [3.8, 4) is 0 Å². The molecule has 0 heterocycles. The number of rotatable bonds is 0. The largest absolute Gasteiger partial charge is 0.391 e. The Hall–Kier alpha value is -0.0151. The molecule has 0 bridgehead atoms. The van der Waals surface area contributed by atoms with Crippen LogP contribution in [-0.2, 0) is 0 Å². The molecule has 9 heavy (non-hydrogen) atoms. The van der Waals surface area contributed by atoms with Crippen molar-refractivity contribution in [3.63, 3.8) is 0 Å². The summed E-state index contributed by atoms with van der Waals surface area (Å²) in [6.45, 7) is 1.97. The van der Waals surface area contributed by atoms with Gasteiger partial charge in [-0.15, -0.1) is 0 Å². The van der Waals surface area contributed by atoms with Crippen LogP contribution >= 0.6 is 0 Å². The third-order valence-electron chi connectivity index (χ3n) is 2.26. The highest BCUT2D eigenvalue weighted by atomic mass is 16.3. The second-order valence-corrected chi connectivity index (χ2v) is 3.17. The van der Waals surface area contributed by atoms with E-state index in [1.54, 1.807) is 0 Å². The maximum absolute atomic E-state index is 9.19. The minimum absolute atomic E-state index is 0.273. The Labute approximate surface area is 56.3 Å². The highest BCUT2D eigenvalue weighted by Gasteiger charge is 2.35. The lowest BCUT2D eigenvalue weighted by molar-refractivity contribution is 0.0248. The van der Waals surface area contributed by atoms with Gasteiger partial charge in [0, 0.05) is 0 Å². The zero-order valence-corrected chi connectivity index (χ0v) is 5.91. The lowest BCUT2D eigenvalue weighted by atomic mass is 9.84. The van der Waals surface area contributed by atoms with Gasteiger partial charge in [-0.05, 0) is 18.2 Å². The van der Waals surface area contributed by atoms with E-state index >= 15 is 0 Å². The summed E-state index contributed by atoms with van der Waals surface area (Å²) >= 11 is 0. The second-order valence-electron chi connectivity index (χ2n) is 3.17. The molecule has 0 spiro atoms. The number of hydrogen-bond donors (Lipinski definition) is 2. The summed E-state index contributed by atoms with van der Waals surface area (Å²) in [6, 6.07) is 0. The zero-order chi connectivity index (χ0) is 7.02. The highest BCUT2D eigenvalue weighted by molar-refractivity contribution is 6.12. The minimum atomic E-state index is -0.486. The summed E-state index contributed by atoms with van der Waals surface area (Å²) in [5, 5.41) is 18.4. The molecular formula is C6H13BO2. The van der Waals surface area contributed by atoms with E-state index in [4.69, 9.17) is 0 Å². The maximum atomic E-state index is 9.19. The fraction of sp³-hybridized carbons (Fsp3) is 1.00. The van der Waals surface area contributed by atoms with Gasteiger partial charge < -0.3 is 10.2 Å². The molecule has 0 aromatic heterocycles. The van der Waals surface area contributed by atoms with E-state index in [1.165, 1.54) is 0 Å². The molecule has 0 aromatic carbocycles. The molecule has 3 heteroatoms. The van der Waals surface area contributed by atoms with Gasteiger partial charge >= 0.3 is 0 Å². The van der Waals surface area contributed by atoms with E-state index in [1.807, 2.05) is 14.8 Å². The smallest absolute Gasteiger partial charge is 0.108 e. The van der Waals surface area contributed by atoms with Crippen molar-refractivity contribution >= 4 is 7.85 Å². The average Bonchev–Trinajstić information content (AvgIpc) is 1.98. The molecule has 0 saturated heterocycles. The van der Waals surface area contributed by atoms with Crippen molar-refractivity contribution in [1.82, 2.24) is 0 Å². The molecule has 0 aliphatic heterocycles.